The Morgan fingerprint density at radius 1 is 1.29 bits per heavy atom. The highest BCUT2D eigenvalue weighted by atomic mass is 32.2. The van der Waals surface area contributed by atoms with E-state index in [4.69, 9.17) is 15.9 Å². The summed E-state index contributed by atoms with van der Waals surface area (Å²) in [6.07, 6.45) is 1.16. The van der Waals surface area contributed by atoms with Crippen molar-refractivity contribution in [3.05, 3.63) is 35.5 Å². The molecule has 1 aliphatic heterocycles. The maximum absolute atomic E-state index is 11.8. The lowest BCUT2D eigenvalue weighted by atomic mass is 10.0. The fourth-order valence-corrected chi connectivity index (χ4v) is 3.64. The lowest BCUT2D eigenvalue weighted by molar-refractivity contribution is 0.122. The van der Waals surface area contributed by atoms with Gasteiger partial charge in [-0.05, 0) is 18.2 Å². The standard InChI is InChI=1S/C18H23N5O4S/c1-28(25,26)11-13-9-17(23-4-6-27-7-5-23)22-18(21-13)12-2-3-15(19)14(8-12)16(20)10-24/h2-3,8-9,20,24H,4-7,10-11,19H2,1H3. The number of aliphatic hydroxyl groups is 1. The van der Waals surface area contributed by atoms with Gasteiger partial charge in [0.25, 0.3) is 0 Å². The average Bonchev–Trinajstić information content (AvgIpc) is 2.67. The molecule has 0 amide bonds. The van der Waals surface area contributed by atoms with Crippen LogP contribution in [0, 0.1) is 5.41 Å². The summed E-state index contributed by atoms with van der Waals surface area (Å²) in [4.78, 5) is 11.0. The van der Waals surface area contributed by atoms with E-state index in [0.29, 0.717) is 60.5 Å². The first kappa shape index (κ1) is 20.2. The van der Waals surface area contributed by atoms with Crippen LogP contribution in [0.25, 0.3) is 11.4 Å². The largest absolute Gasteiger partial charge is 0.398 e. The minimum absolute atomic E-state index is 0.0138. The Kier molecular flexibility index (Phi) is 5.92. The van der Waals surface area contributed by atoms with E-state index in [0.717, 1.165) is 6.26 Å². The molecule has 0 unspecified atom stereocenters. The molecule has 3 rings (SSSR count). The number of aromatic nitrogens is 2. The Bertz CT molecular complexity index is 987. The summed E-state index contributed by atoms with van der Waals surface area (Å²) in [5.41, 5.74) is 7.64. The van der Waals surface area contributed by atoms with Crippen molar-refractivity contribution in [2.24, 2.45) is 0 Å². The van der Waals surface area contributed by atoms with Crippen LogP contribution >= 0.6 is 0 Å². The summed E-state index contributed by atoms with van der Waals surface area (Å²) in [6, 6.07) is 6.66. The Morgan fingerprint density at radius 2 is 2.00 bits per heavy atom. The molecule has 0 aliphatic carbocycles. The van der Waals surface area contributed by atoms with Crippen molar-refractivity contribution in [2.75, 3.05) is 49.8 Å². The number of hydrogen-bond acceptors (Lipinski definition) is 9. The van der Waals surface area contributed by atoms with E-state index in [1.807, 2.05) is 4.90 Å². The van der Waals surface area contributed by atoms with Gasteiger partial charge in [0.1, 0.15) is 5.82 Å². The van der Waals surface area contributed by atoms with Gasteiger partial charge in [-0.1, -0.05) is 0 Å². The van der Waals surface area contributed by atoms with Gasteiger partial charge >= 0.3 is 0 Å². The normalized spacial score (nSPS) is 14.9. The molecule has 2 heterocycles. The molecule has 9 nitrogen and oxygen atoms in total. The molecule has 0 spiro atoms. The number of hydrogen-bond donors (Lipinski definition) is 3. The highest BCUT2D eigenvalue weighted by molar-refractivity contribution is 7.89. The molecule has 150 valence electrons. The van der Waals surface area contributed by atoms with Gasteiger partial charge in [-0.2, -0.15) is 0 Å². The minimum Gasteiger partial charge on any atom is -0.398 e. The molecule has 0 bridgehead atoms. The second-order valence-electron chi connectivity index (χ2n) is 6.65. The summed E-state index contributed by atoms with van der Waals surface area (Å²) in [5, 5.41) is 17.1. The molecule has 1 aromatic carbocycles. The van der Waals surface area contributed by atoms with Crippen LogP contribution in [0.4, 0.5) is 11.5 Å². The molecule has 4 N–H and O–H groups in total. The third-order valence-electron chi connectivity index (χ3n) is 4.31. The summed E-state index contributed by atoms with van der Waals surface area (Å²) in [7, 11) is -3.28. The zero-order valence-electron chi connectivity index (χ0n) is 15.6. The SMILES string of the molecule is CS(=O)(=O)Cc1cc(N2CCOCC2)nc(-c2ccc(N)c(C(=N)CO)c2)n1. The monoisotopic (exact) mass is 405 g/mol. The Morgan fingerprint density at radius 3 is 2.64 bits per heavy atom. The molecule has 0 radical (unpaired) electrons. The van der Waals surface area contributed by atoms with Gasteiger partial charge in [-0.3, -0.25) is 0 Å². The van der Waals surface area contributed by atoms with Crippen LogP contribution in [-0.4, -0.2) is 68.4 Å². The number of nitrogens with two attached hydrogens (primary N) is 1. The smallest absolute Gasteiger partial charge is 0.161 e. The quantitative estimate of drug-likeness (QED) is 0.465. The summed E-state index contributed by atoms with van der Waals surface area (Å²) < 4.78 is 29.0. The van der Waals surface area contributed by atoms with Gasteiger partial charge in [0.05, 0.1) is 37.0 Å². The average molecular weight is 405 g/mol. The van der Waals surface area contributed by atoms with Crippen LogP contribution in [0.15, 0.2) is 24.3 Å². The van der Waals surface area contributed by atoms with Crippen molar-refractivity contribution in [3.63, 3.8) is 0 Å². The van der Waals surface area contributed by atoms with E-state index in [-0.39, 0.29) is 11.5 Å². The van der Waals surface area contributed by atoms with Crippen molar-refractivity contribution in [3.8, 4) is 11.4 Å². The number of aliphatic hydroxyl groups excluding tert-OH is 1. The molecule has 10 heteroatoms. The molecule has 1 fully saturated rings. The van der Waals surface area contributed by atoms with Gasteiger partial charge in [-0.15, -0.1) is 0 Å². The topological polar surface area (TPSA) is 142 Å². The van der Waals surface area contributed by atoms with Crippen LogP contribution < -0.4 is 10.6 Å². The van der Waals surface area contributed by atoms with E-state index >= 15 is 0 Å². The first-order chi connectivity index (χ1) is 13.3. The van der Waals surface area contributed by atoms with Crippen LogP contribution in [-0.2, 0) is 20.3 Å². The second kappa shape index (κ2) is 8.21. The number of anilines is 2. The Balaban J connectivity index is 2.08. The molecule has 28 heavy (non-hydrogen) atoms. The lowest BCUT2D eigenvalue weighted by Crippen LogP contribution is -2.37. The maximum Gasteiger partial charge on any atom is 0.161 e. The van der Waals surface area contributed by atoms with Crippen molar-refractivity contribution in [1.82, 2.24) is 9.97 Å². The summed E-state index contributed by atoms with van der Waals surface area (Å²) in [6.45, 7) is 2.00. The van der Waals surface area contributed by atoms with Gasteiger partial charge in [0.2, 0.25) is 0 Å². The van der Waals surface area contributed by atoms with Gasteiger partial charge in [0.15, 0.2) is 15.7 Å². The molecule has 1 aromatic heterocycles. The number of morpholine rings is 1. The number of nitrogen functional groups attached to an aromatic ring is 1. The van der Waals surface area contributed by atoms with Crippen molar-refractivity contribution in [1.29, 1.82) is 5.41 Å². The fraction of sp³-hybridized carbons (Fsp3) is 0.389. The summed E-state index contributed by atoms with van der Waals surface area (Å²) in [5.74, 6) is 0.769. The Hall–Kier alpha value is -2.56. The molecule has 0 saturated carbocycles. The van der Waals surface area contributed by atoms with Gasteiger partial charge in [-0.25, -0.2) is 18.4 Å². The van der Waals surface area contributed by atoms with E-state index < -0.39 is 16.4 Å². The fourth-order valence-electron chi connectivity index (χ4n) is 2.95. The number of nitrogens with one attached hydrogen (secondary N) is 1. The lowest BCUT2D eigenvalue weighted by Gasteiger charge is -2.28. The van der Waals surface area contributed by atoms with Gasteiger partial charge < -0.3 is 25.9 Å². The van der Waals surface area contributed by atoms with Crippen LogP contribution in [0.3, 0.4) is 0 Å². The first-order valence-electron chi connectivity index (χ1n) is 8.74. The van der Waals surface area contributed by atoms with Crippen LogP contribution in [0.5, 0.6) is 0 Å². The predicted molar refractivity (Wildman–Crippen MR) is 107 cm³/mol. The van der Waals surface area contributed by atoms with Crippen LogP contribution in [0.1, 0.15) is 11.3 Å². The number of nitrogens with zero attached hydrogens (tertiary/aromatic N) is 3. The minimum atomic E-state index is -3.28. The van der Waals surface area contributed by atoms with Crippen molar-refractivity contribution >= 4 is 27.1 Å². The highest BCUT2D eigenvalue weighted by Crippen LogP contribution is 2.25. The predicted octanol–water partition coefficient (Wildman–Crippen LogP) is 0.467. The van der Waals surface area contributed by atoms with Crippen LogP contribution in [0.2, 0.25) is 0 Å². The molecule has 0 atom stereocenters. The zero-order valence-corrected chi connectivity index (χ0v) is 16.4. The maximum atomic E-state index is 11.8. The third kappa shape index (κ3) is 4.83. The second-order valence-corrected chi connectivity index (χ2v) is 8.79. The molecular formula is C18H23N5O4S. The molecular weight excluding hydrogens is 382 g/mol. The number of benzene rings is 1. The zero-order chi connectivity index (χ0) is 20.3. The number of sulfone groups is 1. The molecule has 2 aromatic rings. The molecule has 1 saturated heterocycles. The van der Waals surface area contributed by atoms with Crippen molar-refractivity contribution < 1.29 is 18.3 Å². The van der Waals surface area contributed by atoms with E-state index in [2.05, 4.69) is 9.97 Å². The third-order valence-corrected chi connectivity index (χ3v) is 5.13. The number of rotatable bonds is 6. The van der Waals surface area contributed by atoms with Gasteiger partial charge in [0, 0.05) is 42.2 Å². The van der Waals surface area contributed by atoms with E-state index in [9.17, 15) is 13.5 Å². The van der Waals surface area contributed by atoms with Crippen molar-refractivity contribution in [2.45, 2.75) is 5.75 Å². The molecule has 1 aliphatic rings. The highest BCUT2D eigenvalue weighted by Gasteiger charge is 2.18. The summed E-state index contributed by atoms with van der Waals surface area (Å²) >= 11 is 0. The number of ether oxygens (including phenoxy) is 1. The van der Waals surface area contributed by atoms with E-state index in [1.165, 1.54) is 0 Å². The first-order valence-corrected chi connectivity index (χ1v) is 10.8. The Labute approximate surface area is 163 Å². The van der Waals surface area contributed by atoms with E-state index in [1.54, 1.807) is 24.3 Å².